The summed E-state index contributed by atoms with van der Waals surface area (Å²) >= 11 is 5.56. The summed E-state index contributed by atoms with van der Waals surface area (Å²) < 4.78 is 33.7. The van der Waals surface area contributed by atoms with Crippen molar-refractivity contribution >= 4 is 17.3 Å². The summed E-state index contributed by atoms with van der Waals surface area (Å²) in [5.41, 5.74) is -0.0713. The van der Waals surface area contributed by atoms with Gasteiger partial charge in [0.1, 0.15) is 6.61 Å². The summed E-state index contributed by atoms with van der Waals surface area (Å²) in [6.07, 6.45) is -2.68. The Hall–Kier alpha value is -1.63. The molecule has 1 aromatic carbocycles. The molecule has 0 aliphatic rings. The van der Waals surface area contributed by atoms with Crippen LogP contribution in [0.2, 0.25) is 0 Å². The van der Waals surface area contributed by atoms with Gasteiger partial charge in [0.25, 0.3) is 12.1 Å². The van der Waals surface area contributed by atoms with Gasteiger partial charge in [0, 0.05) is 5.56 Å². The molecule has 0 fully saturated rings. The van der Waals surface area contributed by atoms with Crippen LogP contribution in [-0.2, 0) is 5.88 Å². The first-order valence-electron chi connectivity index (χ1n) is 4.81. The van der Waals surface area contributed by atoms with Gasteiger partial charge in [-0.15, -0.1) is 11.6 Å². The number of rotatable bonds is 6. The van der Waals surface area contributed by atoms with Crippen LogP contribution >= 0.6 is 11.6 Å². The second-order valence-corrected chi connectivity index (χ2v) is 3.49. The molecular weight excluding hydrogens is 272 g/mol. The van der Waals surface area contributed by atoms with Crippen LogP contribution in [0.5, 0.6) is 11.5 Å². The predicted octanol–water partition coefficient (Wildman–Crippen LogP) is 2.99. The highest BCUT2D eigenvalue weighted by atomic mass is 35.5. The Labute approximate surface area is 106 Å². The van der Waals surface area contributed by atoms with Gasteiger partial charge in [-0.3, -0.25) is 10.1 Å². The van der Waals surface area contributed by atoms with Crippen LogP contribution < -0.4 is 9.47 Å². The fraction of sp³-hybridized carbons (Fsp3) is 0.400. The second-order valence-electron chi connectivity index (χ2n) is 3.22. The van der Waals surface area contributed by atoms with Crippen LogP contribution in [0.4, 0.5) is 14.5 Å². The van der Waals surface area contributed by atoms with Crippen LogP contribution in [-0.4, -0.2) is 25.1 Å². The first-order valence-corrected chi connectivity index (χ1v) is 5.35. The zero-order valence-corrected chi connectivity index (χ0v) is 10.1. The molecule has 0 saturated heterocycles. The highest BCUT2D eigenvalue weighted by Crippen LogP contribution is 2.35. The number of alkyl halides is 3. The number of hydrogen-bond donors (Lipinski definition) is 0. The summed E-state index contributed by atoms with van der Waals surface area (Å²) in [6, 6.07) is 2.32. The highest BCUT2D eigenvalue weighted by molar-refractivity contribution is 6.17. The normalized spacial score (nSPS) is 10.5. The smallest absolute Gasteiger partial charge is 0.277 e. The molecule has 0 amide bonds. The average molecular weight is 282 g/mol. The van der Waals surface area contributed by atoms with Gasteiger partial charge in [0.2, 0.25) is 0 Å². The Balaban J connectivity index is 3.14. The van der Waals surface area contributed by atoms with E-state index < -0.39 is 18.0 Å². The molecule has 100 valence electrons. The van der Waals surface area contributed by atoms with Crippen LogP contribution in [0.3, 0.4) is 0 Å². The fourth-order valence-corrected chi connectivity index (χ4v) is 1.51. The Kier molecular flexibility index (Phi) is 5.08. The van der Waals surface area contributed by atoms with Crippen LogP contribution in [0, 0.1) is 10.1 Å². The molecule has 0 saturated carbocycles. The predicted molar refractivity (Wildman–Crippen MR) is 60.7 cm³/mol. The molecule has 0 N–H and O–H groups in total. The van der Waals surface area contributed by atoms with E-state index in [9.17, 15) is 18.9 Å². The zero-order chi connectivity index (χ0) is 13.7. The molecule has 18 heavy (non-hydrogen) atoms. The van der Waals surface area contributed by atoms with E-state index in [1.807, 2.05) is 0 Å². The minimum atomic E-state index is -2.68. The summed E-state index contributed by atoms with van der Waals surface area (Å²) in [4.78, 5) is 10.1. The Morgan fingerprint density at radius 2 is 2.11 bits per heavy atom. The number of hydrogen-bond acceptors (Lipinski definition) is 4. The first kappa shape index (κ1) is 14.4. The largest absolute Gasteiger partial charge is 0.493 e. The molecule has 0 heterocycles. The molecule has 0 bridgehead atoms. The van der Waals surface area contributed by atoms with Gasteiger partial charge >= 0.3 is 0 Å². The SMILES string of the molecule is COc1cc(CCl)c([N+](=O)[O-])cc1OCC(F)F. The third-order valence-corrected chi connectivity index (χ3v) is 2.36. The van der Waals surface area contributed by atoms with E-state index in [2.05, 4.69) is 0 Å². The minimum Gasteiger partial charge on any atom is -0.493 e. The third-order valence-electron chi connectivity index (χ3n) is 2.07. The molecular formula is C10H10ClF2NO4. The third kappa shape index (κ3) is 3.43. The quantitative estimate of drug-likeness (QED) is 0.457. The molecule has 0 aliphatic heterocycles. The molecule has 5 nitrogen and oxygen atoms in total. The van der Waals surface area contributed by atoms with Crippen molar-refractivity contribution in [3.8, 4) is 11.5 Å². The maximum Gasteiger partial charge on any atom is 0.277 e. The lowest BCUT2D eigenvalue weighted by Gasteiger charge is -2.11. The van der Waals surface area contributed by atoms with Crippen molar-refractivity contribution in [2.24, 2.45) is 0 Å². The van der Waals surface area contributed by atoms with Gasteiger partial charge in [0.15, 0.2) is 11.5 Å². The van der Waals surface area contributed by atoms with Crippen molar-refractivity contribution < 1.29 is 23.2 Å². The van der Waals surface area contributed by atoms with E-state index >= 15 is 0 Å². The van der Waals surface area contributed by atoms with Gasteiger partial charge in [-0.1, -0.05) is 0 Å². The number of nitro benzene ring substituents is 1. The minimum absolute atomic E-state index is 0.0954. The molecule has 0 spiro atoms. The van der Waals surface area contributed by atoms with E-state index in [0.29, 0.717) is 0 Å². The summed E-state index contributed by atoms with van der Waals surface area (Å²) in [5.74, 6) is -0.0859. The van der Waals surface area contributed by atoms with Gasteiger partial charge in [0.05, 0.1) is 24.0 Å². The molecule has 0 atom stereocenters. The topological polar surface area (TPSA) is 61.6 Å². The van der Waals surface area contributed by atoms with Crippen molar-refractivity contribution in [1.29, 1.82) is 0 Å². The van der Waals surface area contributed by atoms with E-state index in [-0.39, 0.29) is 28.6 Å². The summed E-state index contributed by atoms with van der Waals surface area (Å²) in [7, 11) is 1.30. The molecule has 0 unspecified atom stereocenters. The van der Waals surface area contributed by atoms with Gasteiger partial charge in [-0.25, -0.2) is 8.78 Å². The Morgan fingerprint density at radius 1 is 1.44 bits per heavy atom. The molecule has 8 heteroatoms. The number of benzene rings is 1. The van der Waals surface area contributed by atoms with Gasteiger partial charge in [-0.05, 0) is 6.07 Å². The van der Waals surface area contributed by atoms with E-state index in [4.69, 9.17) is 21.1 Å². The number of nitrogens with zero attached hydrogens (tertiary/aromatic N) is 1. The second kappa shape index (κ2) is 6.34. The van der Waals surface area contributed by atoms with E-state index in [1.54, 1.807) is 0 Å². The number of nitro groups is 1. The van der Waals surface area contributed by atoms with Crippen molar-refractivity contribution in [3.63, 3.8) is 0 Å². The number of ether oxygens (including phenoxy) is 2. The lowest BCUT2D eigenvalue weighted by Crippen LogP contribution is -2.08. The monoisotopic (exact) mass is 281 g/mol. The molecule has 0 aromatic heterocycles. The fourth-order valence-electron chi connectivity index (χ4n) is 1.29. The summed E-state index contributed by atoms with van der Waals surface area (Å²) in [6.45, 7) is -0.867. The van der Waals surface area contributed by atoms with Crippen LogP contribution in [0.15, 0.2) is 12.1 Å². The lowest BCUT2D eigenvalue weighted by atomic mass is 10.2. The molecule has 0 aliphatic carbocycles. The Morgan fingerprint density at radius 3 is 2.56 bits per heavy atom. The molecule has 1 rings (SSSR count). The average Bonchev–Trinajstić information content (AvgIpc) is 2.34. The van der Waals surface area contributed by atoms with Gasteiger partial charge < -0.3 is 9.47 Å². The first-order chi connectivity index (χ1) is 8.49. The number of methoxy groups -OCH3 is 1. The maximum atomic E-state index is 12.0. The van der Waals surface area contributed by atoms with Crippen LogP contribution in [0.25, 0.3) is 0 Å². The molecule has 0 radical (unpaired) electrons. The lowest BCUT2D eigenvalue weighted by molar-refractivity contribution is -0.385. The maximum absolute atomic E-state index is 12.0. The van der Waals surface area contributed by atoms with Crippen molar-refractivity contribution in [1.82, 2.24) is 0 Å². The van der Waals surface area contributed by atoms with E-state index in [1.165, 1.54) is 13.2 Å². The Bertz CT molecular complexity index is 442. The highest BCUT2D eigenvalue weighted by Gasteiger charge is 2.19. The van der Waals surface area contributed by atoms with Crippen molar-refractivity contribution in [2.75, 3.05) is 13.7 Å². The van der Waals surface area contributed by atoms with Crippen molar-refractivity contribution in [2.45, 2.75) is 12.3 Å². The summed E-state index contributed by atoms with van der Waals surface area (Å²) in [5, 5.41) is 10.8. The van der Waals surface area contributed by atoms with Gasteiger partial charge in [-0.2, -0.15) is 0 Å². The standard InChI is InChI=1S/C10H10ClF2NO4/c1-17-8-2-6(4-11)7(14(15)16)3-9(8)18-5-10(12)13/h2-3,10H,4-5H2,1H3. The van der Waals surface area contributed by atoms with Crippen molar-refractivity contribution in [3.05, 3.63) is 27.8 Å². The van der Waals surface area contributed by atoms with Crippen LogP contribution in [0.1, 0.15) is 5.56 Å². The van der Waals surface area contributed by atoms with E-state index in [0.717, 1.165) is 6.07 Å². The number of halogens is 3. The molecule has 1 aromatic rings. The zero-order valence-electron chi connectivity index (χ0n) is 9.36.